The lowest BCUT2D eigenvalue weighted by Crippen LogP contribution is -2.23. The third kappa shape index (κ3) is 3.58. The van der Waals surface area contributed by atoms with Crippen molar-refractivity contribution in [3.8, 4) is 6.07 Å². The summed E-state index contributed by atoms with van der Waals surface area (Å²) in [6.07, 6.45) is 0. The summed E-state index contributed by atoms with van der Waals surface area (Å²) in [6, 6.07) is 18.8. The van der Waals surface area contributed by atoms with Crippen LogP contribution in [0.15, 0.2) is 59.4 Å². The van der Waals surface area contributed by atoms with Crippen LogP contribution in [0.25, 0.3) is 16.7 Å². The number of aryl methyl sites for hydroxylation is 1. The van der Waals surface area contributed by atoms with E-state index >= 15 is 0 Å². The minimum Gasteiger partial charge on any atom is -0.338 e. The van der Waals surface area contributed by atoms with Crippen molar-refractivity contribution >= 4 is 40.0 Å². The quantitative estimate of drug-likeness (QED) is 0.510. The number of imidazole rings is 1. The van der Waals surface area contributed by atoms with Crippen molar-refractivity contribution in [1.29, 1.82) is 5.26 Å². The molecule has 4 aromatic rings. The molecular weight excluding hydrogens is 396 g/mol. The molecule has 6 nitrogen and oxygen atoms in total. The van der Waals surface area contributed by atoms with E-state index in [0.29, 0.717) is 22.5 Å². The van der Waals surface area contributed by atoms with Gasteiger partial charge in [-0.05, 0) is 43.2 Å². The summed E-state index contributed by atoms with van der Waals surface area (Å²) in [6.45, 7) is 3.76. The number of hydrogen-bond donors (Lipinski definition) is 2. The second-order valence-electron chi connectivity index (χ2n) is 7.08. The van der Waals surface area contributed by atoms with Crippen molar-refractivity contribution in [2.24, 2.45) is 0 Å². The molecule has 0 aliphatic carbocycles. The van der Waals surface area contributed by atoms with Crippen LogP contribution in [0, 0.1) is 18.3 Å². The Morgan fingerprint density at radius 1 is 1.23 bits per heavy atom. The topological polar surface area (TPSA) is 90.2 Å². The molecule has 0 saturated heterocycles. The highest BCUT2D eigenvalue weighted by molar-refractivity contribution is 7.99. The third-order valence-corrected chi connectivity index (χ3v) is 6.26. The molecule has 0 fully saturated rings. The van der Waals surface area contributed by atoms with E-state index in [1.807, 2.05) is 62.4 Å². The molecule has 2 N–H and O–H groups in total. The average molecular weight is 417 g/mol. The highest BCUT2D eigenvalue weighted by Crippen LogP contribution is 2.25. The molecular formula is C23H20N4O2S. The van der Waals surface area contributed by atoms with Gasteiger partial charge in [0.05, 0.1) is 21.8 Å². The molecule has 4 rings (SSSR count). The van der Waals surface area contributed by atoms with Crippen molar-refractivity contribution in [3.05, 3.63) is 81.6 Å². The number of nitriles is 1. The molecule has 0 unspecified atom stereocenters. The van der Waals surface area contributed by atoms with E-state index in [4.69, 9.17) is 0 Å². The van der Waals surface area contributed by atoms with Crippen molar-refractivity contribution in [2.45, 2.75) is 24.9 Å². The van der Waals surface area contributed by atoms with Crippen LogP contribution in [-0.4, -0.2) is 20.5 Å². The number of hydrogen-bond acceptors (Lipinski definition) is 4. The van der Waals surface area contributed by atoms with E-state index < -0.39 is 0 Å². The Labute approximate surface area is 177 Å². The molecule has 150 valence electrons. The molecule has 30 heavy (non-hydrogen) atoms. The van der Waals surface area contributed by atoms with Crippen LogP contribution < -0.4 is 10.9 Å². The van der Waals surface area contributed by atoms with E-state index in [0.717, 1.165) is 22.3 Å². The first-order chi connectivity index (χ1) is 14.5. The first kappa shape index (κ1) is 19.8. The van der Waals surface area contributed by atoms with E-state index in [-0.39, 0.29) is 16.7 Å². The number of para-hydroxylation sites is 3. The average Bonchev–Trinajstić information content (AvgIpc) is 3.13. The molecule has 2 aromatic heterocycles. The Balaban J connectivity index is 1.59. The van der Waals surface area contributed by atoms with E-state index in [1.54, 1.807) is 0 Å². The van der Waals surface area contributed by atoms with Gasteiger partial charge in [-0.2, -0.15) is 5.26 Å². The third-order valence-electron chi connectivity index (χ3n) is 5.07. The lowest BCUT2D eigenvalue weighted by molar-refractivity contribution is -0.115. The zero-order valence-corrected chi connectivity index (χ0v) is 17.4. The van der Waals surface area contributed by atoms with Gasteiger partial charge in [-0.15, -0.1) is 11.8 Å². The van der Waals surface area contributed by atoms with Gasteiger partial charge >= 0.3 is 0 Å². The van der Waals surface area contributed by atoms with Crippen LogP contribution in [0.1, 0.15) is 23.6 Å². The van der Waals surface area contributed by atoms with Gasteiger partial charge in [0.25, 0.3) is 5.56 Å². The molecule has 0 spiro atoms. The zero-order chi connectivity index (χ0) is 21.3. The summed E-state index contributed by atoms with van der Waals surface area (Å²) < 4.78 is 1.52. The highest BCUT2D eigenvalue weighted by atomic mass is 32.2. The smallest absolute Gasteiger partial charge is 0.257 e. The van der Waals surface area contributed by atoms with E-state index in [9.17, 15) is 14.9 Å². The number of amides is 1. The second kappa shape index (κ2) is 8.09. The number of fused-ring (bicyclic) bond motifs is 3. The number of aromatic amines is 1. The van der Waals surface area contributed by atoms with Crippen LogP contribution in [0.3, 0.4) is 0 Å². The number of H-pyrrole nitrogens is 1. The Hall–Kier alpha value is -3.50. The summed E-state index contributed by atoms with van der Waals surface area (Å²) in [5.74, 6) is 0.267. The predicted molar refractivity (Wildman–Crippen MR) is 121 cm³/mol. The second-order valence-corrected chi connectivity index (χ2v) is 8.41. The molecule has 7 heteroatoms. The van der Waals surface area contributed by atoms with Crippen LogP contribution in [-0.2, 0) is 10.5 Å². The molecule has 0 aliphatic rings. The minimum atomic E-state index is -0.350. The van der Waals surface area contributed by atoms with Crippen molar-refractivity contribution in [3.63, 3.8) is 0 Å². The maximum absolute atomic E-state index is 12.7. The predicted octanol–water partition coefficient (Wildman–Crippen LogP) is 4.22. The van der Waals surface area contributed by atoms with Gasteiger partial charge in [0.15, 0.2) is 0 Å². The number of thioether (sulfide) groups is 1. The van der Waals surface area contributed by atoms with Crippen LogP contribution in [0.4, 0.5) is 5.69 Å². The summed E-state index contributed by atoms with van der Waals surface area (Å²) in [7, 11) is 0. The fraction of sp³-hybridized carbons (Fsp3) is 0.174. The van der Waals surface area contributed by atoms with Crippen LogP contribution >= 0.6 is 11.8 Å². The largest absolute Gasteiger partial charge is 0.338 e. The zero-order valence-electron chi connectivity index (χ0n) is 16.6. The standard InChI is InChI=1S/C23H20N4O2S/c1-14-7-3-4-8-18(14)26-23(29)15(2)30-13-16-11-21(28)27-20-10-6-5-9-19(20)25-22(27)17(16)12-24/h3-11,15,25H,13H2,1-2H3,(H,26,29)/t15-/m0/s1. The summed E-state index contributed by atoms with van der Waals surface area (Å²) in [4.78, 5) is 28.5. The van der Waals surface area contributed by atoms with Crippen molar-refractivity contribution in [2.75, 3.05) is 5.32 Å². The number of nitrogens with one attached hydrogen (secondary N) is 2. The SMILES string of the molecule is Cc1ccccc1NC(=O)[C@H](C)SCc1cc(=O)n2c([nH]c3ccccc32)c1C#N. The number of carbonyl (C=O) groups is 1. The fourth-order valence-corrected chi connectivity index (χ4v) is 4.26. The van der Waals surface area contributed by atoms with Crippen LogP contribution in [0.5, 0.6) is 0 Å². The molecule has 1 atom stereocenters. The van der Waals surface area contributed by atoms with Crippen LogP contribution in [0.2, 0.25) is 0 Å². The lowest BCUT2D eigenvalue weighted by Gasteiger charge is -2.14. The number of anilines is 1. The van der Waals surface area contributed by atoms with Gasteiger partial charge in [-0.1, -0.05) is 30.3 Å². The molecule has 0 aliphatic heterocycles. The summed E-state index contributed by atoms with van der Waals surface area (Å²) >= 11 is 1.39. The van der Waals surface area contributed by atoms with E-state index in [2.05, 4.69) is 16.4 Å². The van der Waals surface area contributed by atoms with Crippen molar-refractivity contribution < 1.29 is 4.79 Å². The number of carbonyl (C=O) groups excluding carboxylic acids is 1. The molecule has 2 heterocycles. The van der Waals surface area contributed by atoms with Crippen molar-refractivity contribution in [1.82, 2.24) is 9.38 Å². The number of aromatic nitrogens is 2. The summed E-state index contributed by atoms with van der Waals surface area (Å²) in [5.41, 5.74) is 4.63. The Bertz CT molecular complexity index is 1360. The Kier molecular flexibility index (Phi) is 5.34. The molecule has 0 radical (unpaired) electrons. The number of benzene rings is 2. The first-order valence-electron chi connectivity index (χ1n) is 9.53. The van der Waals surface area contributed by atoms with Gasteiger partial charge < -0.3 is 10.3 Å². The monoisotopic (exact) mass is 416 g/mol. The number of nitrogens with zero attached hydrogens (tertiary/aromatic N) is 2. The molecule has 0 bridgehead atoms. The first-order valence-corrected chi connectivity index (χ1v) is 10.6. The Morgan fingerprint density at radius 3 is 2.73 bits per heavy atom. The van der Waals surface area contributed by atoms with Gasteiger partial charge in [-0.3, -0.25) is 14.0 Å². The highest BCUT2D eigenvalue weighted by Gasteiger charge is 2.18. The maximum atomic E-state index is 12.7. The van der Waals surface area contributed by atoms with E-state index in [1.165, 1.54) is 22.2 Å². The maximum Gasteiger partial charge on any atom is 0.257 e. The number of pyridine rings is 1. The van der Waals surface area contributed by atoms with Gasteiger partial charge in [0.2, 0.25) is 5.91 Å². The van der Waals surface area contributed by atoms with Gasteiger partial charge in [0.1, 0.15) is 11.7 Å². The number of rotatable bonds is 5. The minimum absolute atomic E-state index is 0.115. The molecule has 1 amide bonds. The fourth-order valence-electron chi connectivity index (χ4n) is 3.40. The van der Waals surface area contributed by atoms with Gasteiger partial charge in [0, 0.05) is 17.5 Å². The lowest BCUT2D eigenvalue weighted by atomic mass is 10.1. The Morgan fingerprint density at radius 2 is 1.97 bits per heavy atom. The molecule has 0 saturated carbocycles. The normalized spacial score (nSPS) is 12.0. The summed E-state index contributed by atoms with van der Waals surface area (Å²) in [5, 5.41) is 12.3. The van der Waals surface area contributed by atoms with Gasteiger partial charge in [-0.25, -0.2) is 0 Å². The molecule has 2 aromatic carbocycles.